The predicted octanol–water partition coefficient (Wildman–Crippen LogP) is 0.687. The molecule has 2 heterocycles. The van der Waals surface area contributed by atoms with Crippen molar-refractivity contribution in [3.05, 3.63) is 0 Å². The van der Waals surface area contributed by atoms with Crippen LogP contribution in [0, 0.1) is 5.41 Å². The van der Waals surface area contributed by atoms with Gasteiger partial charge >= 0.3 is 0 Å². The number of carbonyl (C=O) groups excluding carboxylic acids is 1. The van der Waals surface area contributed by atoms with Crippen LogP contribution in [0.3, 0.4) is 0 Å². The minimum absolute atomic E-state index is 0.0986. The van der Waals surface area contributed by atoms with E-state index < -0.39 is 10.0 Å². The minimum atomic E-state index is -3.08. The monoisotopic (exact) mass is 318 g/mol. The zero-order valence-electron chi connectivity index (χ0n) is 13.0. The lowest BCUT2D eigenvalue weighted by Gasteiger charge is -2.47. The number of sulfonamides is 1. The van der Waals surface area contributed by atoms with E-state index in [4.69, 9.17) is 4.74 Å². The van der Waals surface area contributed by atoms with Crippen molar-refractivity contribution in [1.82, 2.24) is 9.21 Å². The van der Waals surface area contributed by atoms with Crippen molar-refractivity contribution in [2.45, 2.75) is 32.6 Å². The van der Waals surface area contributed by atoms with Gasteiger partial charge in [-0.15, -0.1) is 0 Å². The van der Waals surface area contributed by atoms with Gasteiger partial charge in [0.05, 0.1) is 12.4 Å². The lowest BCUT2D eigenvalue weighted by Crippen LogP contribution is -2.53. The van der Waals surface area contributed by atoms with Crippen LogP contribution in [0.15, 0.2) is 0 Å². The molecule has 2 saturated heterocycles. The summed E-state index contributed by atoms with van der Waals surface area (Å²) in [5, 5.41) is 0. The highest BCUT2D eigenvalue weighted by Crippen LogP contribution is 2.40. The van der Waals surface area contributed by atoms with Gasteiger partial charge in [0.1, 0.15) is 0 Å². The maximum Gasteiger partial charge on any atom is 0.222 e. The number of piperidine rings is 2. The molecule has 0 bridgehead atoms. The van der Waals surface area contributed by atoms with Gasteiger partial charge in [-0.3, -0.25) is 4.79 Å². The Morgan fingerprint density at radius 2 is 1.90 bits per heavy atom. The van der Waals surface area contributed by atoms with Gasteiger partial charge in [-0.25, -0.2) is 12.7 Å². The van der Waals surface area contributed by atoms with Crippen molar-refractivity contribution in [2.75, 3.05) is 45.6 Å². The van der Waals surface area contributed by atoms with Gasteiger partial charge in [-0.2, -0.15) is 0 Å². The van der Waals surface area contributed by atoms with E-state index in [9.17, 15) is 13.2 Å². The molecule has 1 amide bonds. The number of hydrogen-bond acceptors (Lipinski definition) is 4. The molecule has 122 valence electrons. The van der Waals surface area contributed by atoms with Crippen LogP contribution in [0.2, 0.25) is 0 Å². The summed E-state index contributed by atoms with van der Waals surface area (Å²) in [5.41, 5.74) is 0.0986. The summed E-state index contributed by atoms with van der Waals surface area (Å²) in [6.07, 6.45) is 3.16. The van der Waals surface area contributed by atoms with Crippen LogP contribution in [0.1, 0.15) is 32.6 Å². The molecule has 6 nitrogen and oxygen atoms in total. The Morgan fingerprint density at radius 1 is 1.24 bits per heavy atom. The molecule has 0 aromatic rings. The molecule has 0 unspecified atom stereocenters. The Kier molecular flexibility index (Phi) is 5.27. The quantitative estimate of drug-likeness (QED) is 0.748. The van der Waals surface area contributed by atoms with Crippen LogP contribution in [0.4, 0.5) is 0 Å². The van der Waals surface area contributed by atoms with Gasteiger partial charge in [-0.1, -0.05) is 0 Å². The van der Waals surface area contributed by atoms with Gasteiger partial charge in [0.2, 0.25) is 15.9 Å². The SMILES string of the molecule is CCS(=O)(=O)N1CCC2(CCC(=O)N(CCOC)C2)CC1. The lowest BCUT2D eigenvalue weighted by molar-refractivity contribution is -0.139. The number of methoxy groups -OCH3 is 1. The fourth-order valence-electron chi connectivity index (χ4n) is 3.34. The molecular formula is C14H26N2O4S. The molecule has 7 heteroatoms. The van der Waals surface area contributed by atoms with E-state index in [1.165, 1.54) is 0 Å². The van der Waals surface area contributed by atoms with Crippen molar-refractivity contribution in [3.8, 4) is 0 Å². The van der Waals surface area contributed by atoms with Gasteiger partial charge in [0.15, 0.2) is 0 Å². The van der Waals surface area contributed by atoms with E-state index in [2.05, 4.69) is 0 Å². The molecule has 2 aliphatic rings. The Balaban J connectivity index is 1.97. The molecule has 1 spiro atoms. The molecule has 0 aliphatic carbocycles. The molecule has 0 atom stereocenters. The second-order valence-corrected chi connectivity index (χ2v) is 8.37. The largest absolute Gasteiger partial charge is 0.383 e. The van der Waals surface area contributed by atoms with E-state index in [1.807, 2.05) is 4.90 Å². The van der Waals surface area contributed by atoms with E-state index in [0.717, 1.165) is 25.8 Å². The van der Waals surface area contributed by atoms with Crippen molar-refractivity contribution in [3.63, 3.8) is 0 Å². The summed E-state index contributed by atoms with van der Waals surface area (Å²) < 4.78 is 30.5. The zero-order valence-corrected chi connectivity index (χ0v) is 13.8. The Bertz CT molecular complexity index is 469. The highest BCUT2D eigenvalue weighted by atomic mass is 32.2. The lowest BCUT2D eigenvalue weighted by atomic mass is 9.73. The van der Waals surface area contributed by atoms with Crippen LogP contribution in [-0.2, 0) is 19.6 Å². The van der Waals surface area contributed by atoms with Crippen LogP contribution in [-0.4, -0.2) is 69.2 Å². The number of likely N-dealkylation sites (tertiary alicyclic amines) is 1. The normalized spacial score (nSPS) is 23.7. The van der Waals surface area contributed by atoms with E-state index in [1.54, 1.807) is 18.3 Å². The number of carbonyl (C=O) groups is 1. The third-order valence-corrected chi connectivity index (χ3v) is 6.74. The number of amides is 1. The summed E-state index contributed by atoms with van der Waals surface area (Å²) in [4.78, 5) is 13.8. The summed E-state index contributed by atoms with van der Waals surface area (Å²) >= 11 is 0. The number of nitrogens with zero attached hydrogens (tertiary/aromatic N) is 2. The van der Waals surface area contributed by atoms with Crippen LogP contribution >= 0.6 is 0 Å². The smallest absolute Gasteiger partial charge is 0.222 e. The van der Waals surface area contributed by atoms with Crippen LogP contribution in [0.25, 0.3) is 0 Å². The van der Waals surface area contributed by atoms with Gasteiger partial charge in [-0.05, 0) is 31.6 Å². The zero-order chi connectivity index (χ0) is 15.5. The first-order chi connectivity index (χ1) is 9.92. The third kappa shape index (κ3) is 3.76. The fraction of sp³-hybridized carbons (Fsp3) is 0.929. The second kappa shape index (κ2) is 6.62. The Labute approximate surface area is 127 Å². The maximum atomic E-state index is 12.0. The van der Waals surface area contributed by atoms with E-state index in [-0.39, 0.29) is 17.1 Å². The standard InChI is InChI=1S/C14H26N2O4S/c1-3-21(18,19)16-8-6-14(7-9-16)5-4-13(17)15(12-14)10-11-20-2/h3-12H2,1-2H3. The second-order valence-electron chi connectivity index (χ2n) is 6.11. The first-order valence-electron chi connectivity index (χ1n) is 7.67. The molecule has 2 fully saturated rings. The average molecular weight is 318 g/mol. The molecule has 21 heavy (non-hydrogen) atoms. The first-order valence-corrected chi connectivity index (χ1v) is 9.28. The van der Waals surface area contributed by atoms with Crippen LogP contribution in [0.5, 0.6) is 0 Å². The van der Waals surface area contributed by atoms with Gasteiger partial charge < -0.3 is 9.64 Å². The van der Waals surface area contributed by atoms with Crippen molar-refractivity contribution in [1.29, 1.82) is 0 Å². The Hall–Kier alpha value is -0.660. The molecule has 2 aliphatic heterocycles. The van der Waals surface area contributed by atoms with Gasteiger partial charge in [0.25, 0.3) is 0 Å². The number of hydrogen-bond donors (Lipinski definition) is 0. The average Bonchev–Trinajstić information content (AvgIpc) is 2.49. The first kappa shape index (κ1) is 16.7. The molecular weight excluding hydrogens is 292 g/mol. The maximum absolute atomic E-state index is 12.0. The Morgan fingerprint density at radius 3 is 2.48 bits per heavy atom. The van der Waals surface area contributed by atoms with Crippen molar-refractivity contribution < 1.29 is 17.9 Å². The van der Waals surface area contributed by atoms with Crippen LogP contribution < -0.4 is 0 Å². The number of ether oxygens (including phenoxy) is 1. The molecule has 0 saturated carbocycles. The fourth-order valence-corrected chi connectivity index (χ4v) is 4.44. The molecule has 0 radical (unpaired) electrons. The summed E-state index contributed by atoms with van der Waals surface area (Å²) in [7, 11) is -1.45. The summed E-state index contributed by atoms with van der Waals surface area (Å²) in [5.74, 6) is 0.361. The van der Waals surface area contributed by atoms with Crippen molar-refractivity contribution >= 4 is 15.9 Å². The predicted molar refractivity (Wildman–Crippen MR) is 80.4 cm³/mol. The third-order valence-electron chi connectivity index (χ3n) is 4.85. The molecule has 0 aromatic carbocycles. The van der Waals surface area contributed by atoms with E-state index in [0.29, 0.717) is 32.7 Å². The highest BCUT2D eigenvalue weighted by molar-refractivity contribution is 7.89. The van der Waals surface area contributed by atoms with E-state index >= 15 is 0 Å². The summed E-state index contributed by atoms with van der Waals surface area (Å²) in [6, 6.07) is 0. The minimum Gasteiger partial charge on any atom is -0.383 e. The van der Waals surface area contributed by atoms with Crippen molar-refractivity contribution in [2.24, 2.45) is 5.41 Å². The van der Waals surface area contributed by atoms with Gasteiger partial charge in [0, 0.05) is 39.7 Å². The summed E-state index contributed by atoms with van der Waals surface area (Å²) in [6.45, 7) is 4.79. The molecule has 0 N–H and O–H groups in total. The molecule has 2 rings (SSSR count). The molecule has 0 aromatic heterocycles. The topological polar surface area (TPSA) is 66.9 Å². The highest BCUT2D eigenvalue weighted by Gasteiger charge is 2.42. The number of rotatable bonds is 5.